The molecule has 0 heterocycles. The molecule has 3 nitrogen and oxygen atoms in total. The zero-order valence-electron chi connectivity index (χ0n) is 7.14. The Morgan fingerprint density at radius 1 is 1.38 bits per heavy atom. The van der Waals surface area contributed by atoms with Crippen molar-refractivity contribution < 1.29 is 4.79 Å². The fourth-order valence-electron chi connectivity index (χ4n) is 0.845. The van der Waals surface area contributed by atoms with E-state index in [1.807, 2.05) is 36.6 Å². The Morgan fingerprint density at radius 3 is 2.46 bits per heavy atom. The van der Waals surface area contributed by atoms with Gasteiger partial charge in [-0.3, -0.25) is 0 Å². The Balaban J connectivity index is 2.82. The molecule has 0 aliphatic carbocycles. The lowest BCUT2D eigenvalue weighted by Gasteiger charge is -2.16. The number of primary amides is 1. The molecule has 0 aliphatic heterocycles. The molecule has 0 atom stereocenters. The van der Waals surface area contributed by atoms with Crippen molar-refractivity contribution in [3.05, 3.63) is 30.3 Å². The second kappa shape index (κ2) is 5.04. The first-order chi connectivity index (χ1) is 6.25. The Labute approximate surface area is 85.2 Å². The van der Waals surface area contributed by atoms with Crippen LogP contribution in [0.1, 0.15) is 0 Å². The smallest absolute Gasteiger partial charge is 0.330 e. The summed E-state index contributed by atoms with van der Waals surface area (Å²) in [6.45, 7) is 0. The fraction of sp³-hybridized carbons (Fsp3) is 0.125. The van der Waals surface area contributed by atoms with Gasteiger partial charge in [-0.25, -0.2) is 9.10 Å². The van der Waals surface area contributed by atoms with E-state index >= 15 is 0 Å². The predicted molar refractivity (Wildman–Crippen MR) is 59.6 cm³/mol. The van der Waals surface area contributed by atoms with Gasteiger partial charge in [0.1, 0.15) is 0 Å². The molecular formula is C8H10N2OS2. The molecule has 0 saturated carbocycles. The molecule has 1 aromatic carbocycles. The highest BCUT2D eigenvalue weighted by Gasteiger charge is 2.11. The standard InChI is InChI=1S/C8H10N2OS2/c1-12-13-10(8(9)11)7-5-3-2-4-6-7/h2-6H,1H3,(H2,9,11). The summed E-state index contributed by atoms with van der Waals surface area (Å²) in [5, 5.41) is 0. The summed E-state index contributed by atoms with van der Waals surface area (Å²) in [4.78, 5) is 11.0. The van der Waals surface area contributed by atoms with Crippen molar-refractivity contribution in [2.75, 3.05) is 10.6 Å². The lowest BCUT2D eigenvalue weighted by molar-refractivity contribution is 0.257. The SMILES string of the molecule is CSSN(C(N)=O)c1ccccc1. The number of nitrogens with two attached hydrogens (primary N) is 1. The van der Waals surface area contributed by atoms with Gasteiger partial charge in [-0.1, -0.05) is 29.0 Å². The molecule has 0 unspecified atom stereocenters. The van der Waals surface area contributed by atoms with E-state index in [4.69, 9.17) is 5.73 Å². The van der Waals surface area contributed by atoms with Gasteiger partial charge >= 0.3 is 6.03 Å². The van der Waals surface area contributed by atoms with E-state index < -0.39 is 6.03 Å². The highest BCUT2D eigenvalue weighted by molar-refractivity contribution is 8.77. The molecule has 13 heavy (non-hydrogen) atoms. The van der Waals surface area contributed by atoms with Crippen molar-refractivity contribution in [2.45, 2.75) is 0 Å². The predicted octanol–water partition coefficient (Wildman–Crippen LogP) is 2.50. The van der Waals surface area contributed by atoms with E-state index in [0.29, 0.717) is 0 Å². The molecule has 70 valence electrons. The van der Waals surface area contributed by atoms with Gasteiger partial charge in [-0.2, -0.15) is 0 Å². The highest BCUT2D eigenvalue weighted by Crippen LogP contribution is 2.28. The van der Waals surface area contributed by atoms with E-state index in [-0.39, 0.29) is 0 Å². The molecule has 1 rings (SSSR count). The lowest BCUT2D eigenvalue weighted by Crippen LogP contribution is -2.28. The summed E-state index contributed by atoms with van der Waals surface area (Å²) >= 11 is 0. The molecule has 0 aliphatic rings. The maximum absolute atomic E-state index is 11.0. The summed E-state index contributed by atoms with van der Waals surface area (Å²) in [7, 11) is 2.79. The molecule has 5 heteroatoms. The molecule has 0 bridgehead atoms. The van der Waals surface area contributed by atoms with E-state index in [2.05, 4.69) is 0 Å². The summed E-state index contributed by atoms with van der Waals surface area (Å²) in [6, 6.07) is 8.86. The minimum absolute atomic E-state index is 0.453. The molecule has 0 fully saturated rings. The van der Waals surface area contributed by atoms with Crippen LogP contribution in [0.15, 0.2) is 30.3 Å². The van der Waals surface area contributed by atoms with E-state index in [1.54, 1.807) is 0 Å². The van der Waals surface area contributed by atoms with Crippen LogP contribution in [-0.4, -0.2) is 12.3 Å². The zero-order valence-corrected chi connectivity index (χ0v) is 8.77. The van der Waals surface area contributed by atoms with Gasteiger partial charge in [0.15, 0.2) is 0 Å². The van der Waals surface area contributed by atoms with Gasteiger partial charge in [0.05, 0.1) is 5.69 Å². The van der Waals surface area contributed by atoms with Crippen LogP contribution in [0.3, 0.4) is 0 Å². The summed E-state index contributed by atoms with van der Waals surface area (Å²) in [6.07, 6.45) is 1.89. The summed E-state index contributed by atoms with van der Waals surface area (Å²) in [5.74, 6) is 0. The Kier molecular flexibility index (Phi) is 3.98. The average Bonchev–Trinajstić information content (AvgIpc) is 2.15. The number of rotatable bonds is 3. The number of hydrogen-bond acceptors (Lipinski definition) is 3. The van der Waals surface area contributed by atoms with Crippen molar-refractivity contribution in [1.29, 1.82) is 0 Å². The largest absolute Gasteiger partial charge is 0.350 e. The first kappa shape index (κ1) is 10.3. The minimum atomic E-state index is -0.453. The number of hydrogen-bond donors (Lipinski definition) is 1. The second-order valence-corrected chi connectivity index (χ2v) is 4.50. The number of anilines is 1. The minimum Gasteiger partial charge on any atom is -0.350 e. The topological polar surface area (TPSA) is 46.3 Å². The number of carbonyl (C=O) groups excluding carboxylic acids is 1. The fourth-order valence-corrected chi connectivity index (χ4v) is 2.20. The van der Waals surface area contributed by atoms with Crippen LogP contribution in [0.25, 0.3) is 0 Å². The van der Waals surface area contributed by atoms with Crippen molar-refractivity contribution >= 4 is 33.5 Å². The Bertz CT molecular complexity index is 279. The maximum Gasteiger partial charge on any atom is 0.330 e. The average molecular weight is 214 g/mol. The number of carbonyl (C=O) groups is 1. The molecule has 2 N–H and O–H groups in total. The van der Waals surface area contributed by atoms with Crippen LogP contribution < -0.4 is 10.0 Å². The van der Waals surface area contributed by atoms with Crippen LogP contribution in [0.2, 0.25) is 0 Å². The molecule has 0 aromatic heterocycles. The van der Waals surface area contributed by atoms with Crippen LogP contribution >= 0.6 is 21.8 Å². The number of para-hydroxylation sites is 1. The van der Waals surface area contributed by atoms with Crippen LogP contribution in [0.5, 0.6) is 0 Å². The van der Waals surface area contributed by atoms with Gasteiger partial charge in [0.2, 0.25) is 0 Å². The normalized spacial score (nSPS) is 9.62. The molecule has 0 spiro atoms. The van der Waals surface area contributed by atoms with Crippen LogP contribution in [0.4, 0.5) is 10.5 Å². The van der Waals surface area contributed by atoms with Crippen LogP contribution in [-0.2, 0) is 0 Å². The quantitative estimate of drug-likeness (QED) is 0.621. The first-order valence-corrected chi connectivity index (χ1v) is 6.12. The number of nitrogens with zero attached hydrogens (tertiary/aromatic N) is 1. The lowest BCUT2D eigenvalue weighted by atomic mass is 10.3. The van der Waals surface area contributed by atoms with Crippen molar-refractivity contribution in [3.8, 4) is 0 Å². The molecule has 0 saturated heterocycles. The first-order valence-electron chi connectivity index (χ1n) is 3.61. The number of amides is 2. The molecule has 2 amide bonds. The highest BCUT2D eigenvalue weighted by atomic mass is 33.1. The van der Waals surface area contributed by atoms with Gasteiger partial charge in [-0.05, 0) is 18.4 Å². The number of urea groups is 1. The van der Waals surface area contributed by atoms with Crippen molar-refractivity contribution in [3.63, 3.8) is 0 Å². The van der Waals surface area contributed by atoms with Gasteiger partial charge in [0, 0.05) is 11.0 Å². The third-order valence-corrected chi connectivity index (χ3v) is 2.92. The summed E-state index contributed by atoms with van der Waals surface area (Å²) in [5.41, 5.74) is 6.01. The van der Waals surface area contributed by atoms with Crippen LogP contribution in [0, 0.1) is 0 Å². The van der Waals surface area contributed by atoms with E-state index in [1.165, 1.54) is 26.1 Å². The molecular weight excluding hydrogens is 204 g/mol. The van der Waals surface area contributed by atoms with Crippen molar-refractivity contribution in [2.24, 2.45) is 5.73 Å². The van der Waals surface area contributed by atoms with Gasteiger partial charge in [-0.15, -0.1) is 0 Å². The third kappa shape index (κ3) is 2.86. The zero-order chi connectivity index (χ0) is 9.68. The van der Waals surface area contributed by atoms with Gasteiger partial charge in [0.25, 0.3) is 0 Å². The number of benzene rings is 1. The second-order valence-electron chi connectivity index (χ2n) is 2.21. The third-order valence-electron chi connectivity index (χ3n) is 1.34. The van der Waals surface area contributed by atoms with Gasteiger partial charge < -0.3 is 5.73 Å². The van der Waals surface area contributed by atoms with E-state index in [9.17, 15) is 4.79 Å². The Hall–Kier alpha value is -0.810. The summed E-state index contributed by atoms with van der Waals surface area (Å²) < 4.78 is 1.45. The maximum atomic E-state index is 11.0. The van der Waals surface area contributed by atoms with E-state index in [0.717, 1.165) is 5.69 Å². The molecule has 1 aromatic rings. The van der Waals surface area contributed by atoms with Crippen molar-refractivity contribution in [1.82, 2.24) is 0 Å². The monoisotopic (exact) mass is 214 g/mol. The Morgan fingerprint density at radius 2 is 2.00 bits per heavy atom. The molecule has 0 radical (unpaired) electrons.